The molecule has 0 bridgehead atoms. The van der Waals surface area contributed by atoms with E-state index in [0.29, 0.717) is 0 Å². The lowest BCUT2D eigenvalue weighted by molar-refractivity contribution is 0.667. The Morgan fingerprint density at radius 3 is 1.13 bits per heavy atom. The smallest absolute Gasteiger partial charge is 0.0165 e. The van der Waals surface area contributed by atoms with Gasteiger partial charge in [0, 0.05) is 5.41 Å². The molecule has 12 rings (SSSR count). The monoisotopic (exact) mass is 696 g/mol. The first kappa shape index (κ1) is 30.7. The first-order chi connectivity index (χ1) is 27.1. The summed E-state index contributed by atoms with van der Waals surface area (Å²) in [6.45, 7) is 4.89. The third kappa shape index (κ3) is 4.06. The lowest BCUT2D eigenvalue weighted by Gasteiger charge is -2.25. The number of hydrogen-bond donors (Lipinski definition) is 0. The van der Waals surface area contributed by atoms with Crippen LogP contribution in [-0.2, 0) is 5.41 Å². The zero-order chi connectivity index (χ0) is 36.4. The van der Waals surface area contributed by atoms with Crippen LogP contribution in [0.4, 0.5) is 0 Å². The molecule has 256 valence electrons. The van der Waals surface area contributed by atoms with E-state index in [9.17, 15) is 0 Å². The molecule has 1 aliphatic carbocycles. The molecular weight excluding hydrogens is 661 g/mol. The lowest BCUT2D eigenvalue weighted by Crippen LogP contribution is -2.16. The normalized spacial score (nSPS) is 13.4. The molecule has 0 amide bonds. The highest BCUT2D eigenvalue weighted by atomic mass is 14.4. The summed E-state index contributed by atoms with van der Waals surface area (Å²) in [6.07, 6.45) is 0. The molecule has 0 atom stereocenters. The third-order valence-corrected chi connectivity index (χ3v) is 12.8. The molecule has 0 heteroatoms. The molecule has 0 heterocycles. The van der Waals surface area contributed by atoms with Crippen LogP contribution in [0.5, 0.6) is 0 Å². The standard InChI is InChI=1S/C55H36/c1-55(2)49-32-48(39-23-8-10-24-40(39)52(49)53-41-25-11-7-20-36(41)37-21-9-16-30-46(37)54(53)55)51-44-28-14-12-26-42(44)50(43-27-13-15-29-45(43)51)47-31-33-17-3-4-18-34(33)35-19-5-6-22-38(35)47/h3-32H,1-2H3. The van der Waals surface area contributed by atoms with E-state index in [-0.39, 0.29) is 5.41 Å². The predicted octanol–water partition coefficient (Wildman–Crippen LogP) is 15.4. The van der Waals surface area contributed by atoms with E-state index < -0.39 is 0 Å². The zero-order valence-corrected chi connectivity index (χ0v) is 30.8. The summed E-state index contributed by atoms with van der Waals surface area (Å²) >= 11 is 0. The number of benzene rings is 11. The van der Waals surface area contributed by atoms with E-state index in [0.717, 1.165) is 0 Å². The van der Waals surface area contributed by atoms with Gasteiger partial charge in [-0.2, -0.15) is 0 Å². The molecule has 0 unspecified atom stereocenters. The molecule has 0 spiro atoms. The Morgan fingerprint density at radius 1 is 0.273 bits per heavy atom. The fraction of sp³-hybridized carbons (Fsp3) is 0.0545. The van der Waals surface area contributed by atoms with Crippen molar-refractivity contribution in [3.05, 3.63) is 193 Å². The Morgan fingerprint density at radius 2 is 0.600 bits per heavy atom. The molecule has 1 aliphatic rings. The van der Waals surface area contributed by atoms with Crippen molar-refractivity contribution in [1.29, 1.82) is 0 Å². The lowest BCUT2D eigenvalue weighted by atomic mass is 9.77. The molecule has 0 N–H and O–H groups in total. The first-order valence-corrected chi connectivity index (χ1v) is 19.4. The molecular formula is C55H36. The van der Waals surface area contributed by atoms with Crippen molar-refractivity contribution in [3.8, 4) is 33.4 Å². The van der Waals surface area contributed by atoms with Gasteiger partial charge in [-0.1, -0.05) is 184 Å². The molecule has 0 radical (unpaired) electrons. The Kier molecular flexibility index (Phi) is 6.21. The average molecular weight is 697 g/mol. The van der Waals surface area contributed by atoms with Gasteiger partial charge < -0.3 is 0 Å². The van der Waals surface area contributed by atoms with Gasteiger partial charge in [-0.15, -0.1) is 0 Å². The van der Waals surface area contributed by atoms with Gasteiger partial charge in [0.05, 0.1) is 0 Å². The van der Waals surface area contributed by atoms with E-state index >= 15 is 0 Å². The largest absolute Gasteiger partial charge is 0.0616 e. The summed E-state index contributed by atoms with van der Waals surface area (Å²) in [6, 6.07) is 68.2. The zero-order valence-electron chi connectivity index (χ0n) is 30.8. The fourth-order valence-electron chi connectivity index (χ4n) is 10.5. The van der Waals surface area contributed by atoms with Crippen LogP contribution in [-0.4, -0.2) is 0 Å². The van der Waals surface area contributed by atoms with Crippen LogP contribution in [0.2, 0.25) is 0 Å². The second-order valence-electron chi connectivity index (χ2n) is 15.9. The van der Waals surface area contributed by atoms with Crippen molar-refractivity contribution >= 4 is 75.4 Å². The van der Waals surface area contributed by atoms with Crippen LogP contribution in [0.3, 0.4) is 0 Å². The van der Waals surface area contributed by atoms with E-state index in [1.54, 1.807) is 0 Å². The molecule has 0 aromatic heterocycles. The molecule has 55 heavy (non-hydrogen) atoms. The van der Waals surface area contributed by atoms with E-state index in [1.165, 1.54) is 120 Å². The molecule has 0 nitrogen and oxygen atoms in total. The average Bonchev–Trinajstić information content (AvgIpc) is 3.49. The van der Waals surface area contributed by atoms with Crippen LogP contribution >= 0.6 is 0 Å². The summed E-state index contributed by atoms with van der Waals surface area (Å²) in [4.78, 5) is 0. The van der Waals surface area contributed by atoms with Gasteiger partial charge in [-0.05, 0) is 132 Å². The highest BCUT2D eigenvalue weighted by molar-refractivity contribution is 6.29. The second-order valence-corrected chi connectivity index (χ2v) is 15.9. The van der Waals surface area contributed by atoms with Gasteiger partial charge in [0.1, 0.15) is 0 Å². The minimum Gasteiger partial charge on any atom is -0.0616 e. The molecule has 11 aromatic carbocycles. The molecule has 0 fully saturated rings. The number of fused-ring (bicyclic) bond motifs is 15. The maximum absolute atomic E-state index is 2.57. The summed E-state index contributed by atoms with van der Waals surface area (Å²) < 4.78 is 0. The van der Waals surface area contributed by atoms with Crippen molar-refractivity contribution in [2.24, 2.45) is 0 Å². The van der Waals surface area contributed by atoms with Crippen LogP contribution in [0, 0.1) is 0 Å². The van der Waals surface area contributed by atoms with Crippen LogP contribution in [0.15, 0.2) is 182 Å². The fourth-order valence-corrected chi connectivity index (χ4v) is 10.5. The van der Waals surface area contributed by atoms with E-state index in [1.807, 2.05) is 0 Å². The predicted molar refractivity (Wildman–Crippen MR) is 237 cm³/mol. The summed E-state index contributed by atoms with van der Waals surface area (Å²) in [7, 11) is 0. The minimum absolute atomic E-state index is 0.220. The number of hydrogen-bond acceptors (Lipinski definition) is 0. The summed E-state index contributed by atoms with van der Waals surface area (Å²) in [5, 5.41) is 18.2. The highest BCUT2D eigenvalue weighted by Crippen LogP contribution is 2.58. The Labute approximate surface area is 319 Å². The maximum atomic E-state index is 2.57. The van der Waals surface area contributed by atoms with Crippen LogP contribution < -0.4 is 0 Å². The highest BCUT2D eigenvalue weighted by Gasteiger charge is 2.40. The molecule has 0 saturated carbocycles. The van der Waals surface area contributed by atoms with Crippen molar-refractivity contribution < 1.29 is 0 Å². The van der Waals surface area contributed by atoms with Gasteiger partial charge in [-0.25, -0.2) is 0 Å². The van der Waals surface area contributed by atoms with Crippen molar-refractivity contribution in [2.75, 3.05) is 0 Å². The van der Waals surface area contributed by atoms with Gasteiger partial charge in [0.25, 0.3) is 0 Å². The maximum Gasteiger partial charge on any atom is 0.0165 e. The Hall–Kier alpha value is -6.76. The molecule has 0 aliphatic heterocycles. The molecule has 0 saturated heterocycles. The number of rotatable bonds is 2. The van der Waals surface area contributed by atoms with Gasteiger partial charge in [0.15, 0.2) is 0 Å². The summed E-state index contributed by atoms with van der Waals surface area (Å²) in [5.41, 5.74) is 10.6. The van der Waals surface area contributed by atoms with Crippen molar-refractivity contribution in [2.45, 2.75) is 19.3 Å². The SMILES string of the molecule is CC1(C)c2cc(-c3c4ccccc4c(-c4cc5ccccc5c5ccccc45)c4ccccc34)c3ccccc3c2-c2c1c1ccccc1c1ccccc21. The minimum atomic E-state index is -0.220. The summed E-state index contributed by atoms with van der Waals surface area (Å²) in [5.74, 6) is 0. The topological polar surface area (TPSA) is 0 Å². The second kappa shape index (κ2) is 11.1. The van der Waals surface area contributed by atoms with Gasteiger partial charge in [0.2, 0.25) is 0 Å². The van der Waals surface area contributed by atoms with Crippen LogP contribution in [0.1, 0.15) is 25.0 Å². The van der Waals surface area contributed by atoms with E-state index in [2.05, 4.69) is 196 Å². The van der Waals surface area contributed by atoms with Crippen LogP contribution in [0.25, 0.3) is 109 Å². The van der Waals surface area contributed by atoms with Gasteiger partial charge >= 0.3 is 0 Å². The van der Waals surface area contributed by atoms with E-state index in [4.69, 9.17) is 0 Å². The Balaban J connectivity index is 1.23. The van der Waals surface area contributed by atoms with Crippen molar-refractivity contribution in [3.63, 3.8) is 0 Å². The first-order valence-electron chi connectivity index (χ1n) is 19.4. The molecule has 11 aromatic rings. The third-order valence-electron chi connectivity index (χ3n) is 12.8. The van der Waals surface area contributed by atoms with Crippen molar-refractivity contribution in [1.82, 2.24) is 0 Å². The van der Waals surface area contributed by atoms with Gasteiger partial charge in [-0.3, -0.25) is 0 Å². The quantitative estimate of drug-likeness (QED) is 0.125. The Bertz CT molecular complexity index is 3390.